The second kappa shape index (κ2) is 8.27. The Morgan fingerprint density at radius 2 is 1.79 bits per heavy atom. The number of nitriles is 2. The van der Waals surface area contributed by atoms with Gasteiger partial charge in [-0.25, -0.2) is 4.98 Å². The van der Waals surface area contributed by atoms with Crippen LogP contribution in [0.25, 0.3) is 11.0 Å². The molecule has 3 heterocycles. The van der Waals surface area contributed by atoms with E-state index in [1.54, 1.807) is 29.8 Å². The lowest BCUT2D eigenvalue weighted by Crippen LogP contribution is -2.56. The van der Waals surface area contributed by atoms with Crippen molar-refractivity contribution in [1.82, 2.24) is 14.5 Å². The first kappa shape index (κ1) is 22.1. The molecule has 3 aromatic rings. The van der Waals surface area contributed by atoms with Gasteiger partial charge in [0.2, 0.25) is 0 Å². The number of aromatic nitrogens is 2. The molecule has 1 aliphatic heterocycles. The Labute approximate surface area is 199 Å². The number of benzene rings is 1. The van der Waals surface area contributed by atoms with Crippen LogP contribution in [0.5, 0.6) is 0 Å². The van der Waals surface area contributed by atoms with Crippen LogP contribution in [-0.2, 0) is 19.0 Å². The van der Waals surface area contributed by atoms with Gasteiger partial charge in [-0.1, -0.05) is 24.3 Å². The average Bonchev–Trinajstić information content (AvgIpc) is 3.65. The van der Waals surface area contributed by atoms with Crippen molar-refractivity contribution in [2.45, 2.75) is 50.7 Å². The van der Waals surface area contributed by atoms with Crippen LogP contribution in [-0.4, -0.2) is 39.6 Å². The third-order valence-corrected chi connectivity index (χ3v) is 7.46. The van der Waals surface area contributed by atoms with E-state index in [0.717, 1.165) is 49.2 Å². The van der Waals surface area contributed by atoms with Crippen LogP contribution in [0.2, 0.25) is 0 Å². The van der Waals surface area contributed by atoms with Gasteiger partial charge in [-0.2, -0.15) is 10.5 Å². The van der Waals surface area contributed by atoms with Gasteiger partial charge in [0.1, 0.15) is 17.3 Å². The van der Waals surface area contributed by atoms with E-state index < -0.39 is 0 Å². The lowest BCUT2D eigenvalue weighted by Gasteiger charge is -2.45. The fourth-order valence-corrected chi connectivity index (χ4v) is 5.10. The van der Waals surface area contributed by atoms with Crippen LogP contribution < -0.4 is 10.5 Å². The number of aryl methyl sites for hydroxylation is 1. The minimum absolute atomic E-state index is 0.0813. The van der Waals surface area contributed by atoms with Crippen molar-refractivity contribution in [3.63, 3.8) is 0 Å². The molecule has 0 amide bonds. The molecule has 5 rings (SSSR count). The van der Waals surface area contributed by atoms with Crippen molar-refractivity contribution >= 4 is 16.7 Å². The Morgan fingerprint density at radius 3 is 2.44 bits per heavy atom. The number of rotatable bonds is 4. The molecule has 0 bridgehead atoms. The maximum absolute atomic E-state index is 12.7. The summed E-state index contributed by atoms with van der Waals surface area (Å²) in [7, 11) is 1.74. The van der Waals surface area contributed by atoms with Crippen LogP contribution in [0.4, 0.5) is 5.69 Å². The number of hydrogen-bond donors (Lipinski definition) is 0. The third-order valence-electron chi connectivity index (χ3n) is 7.46. The van der Waals surface area contributed by atoms with Gasteiger partial charge in [-0.3, -0.25) is 9.69 Å². The molecule has 2 aliphatic rings. The first-order valence-corrected chi connectivity index (χ1v) is 11.8. The Morgan fingerprint density at radius 1 is 1.06 bits per heavy atom. The molecule has 1 saturated carbocycles. The molecule has 0 spiro atoms. The Balaban J connectivity index is 1.39. The van der Waals surface area contributed by atoms with E-state index in [4.69, 9.17) is 0 Å². The van der Waals surface area contributed by atoms with Crippen molar-refractivity contribution in [3.8, 4) is 12.1 Å². The molecule has 2 atom stereocenters. The van der Waals surface area contributed by atoms with Crippen molar-refractivity contribution in [2.24, 2.45) is 7.05 Å². The highest BCUT2D eigenvalue weighted by Gasteiger charge is 2.44. The van der Waals surface area contributed by atoms with Gasteiger partial charge in [-0.05, 0) is 49.9 Å². The van der Waals surface area contributed by atoms with Crippen molar-refractivity contribution < 1.29 is 0 Å². The number of hydrogen-bond acceptors (Lipinski definition) is 6. The second-order valence-electron chi connectivity index (χ2n) is 9.77. The molecule has 1 aromatic carbocycles. The Hall–Kier alpha value is -3.68. The van der Waals surface area contributed by atoms with Gasteiger partial charge in [-0.15, -0.1) is 0 Å². The molecule has 2 aromatic heterocycles. The monoisotopic (exact) mass is 452 g/mol. The van der Waals surface area contributed by atoms with Crippen LogP contribution in [0.15, 0.2) is 47.3 Å². The fourth-order valence-electron chi connectivity index (χ4n) is 5.10. The first-order valence-electron chi connectivity index (χ1n) is 11.8. The highest BCUT2D eigenvalue weighted by atomic mass is 16.1. The highest BCUT2D eigenvalue weighted by molar-refractivity contribution is 5.89. The van der Waals surface area contributed by atoms with Crippen molar-refractivity contribution in [2.75, 3.05) is 18.0 Å². The Kier molecular flexibility index (Phi) is 5.38. The van der Waals surface area contributed by atoms with Crippen LogP contribution >= 0.6 is 0 Å². The number of fused-ring (bicyclic) bond motifs is 1. The van der Waals surface area contributed by atoms with Crippen molar-refractivity contribution in [1.29, 1.82) is 10.5 Å². The molecule has 2 fully saturated rings. The predicted molar refractivity (Wildman–Crippen MR) is 131 cm³/mol. The minimum atomic E-state index is -0.249. The average molecular weight is 453 g/mol. The normalized spacial score (nSPS) is 21.7. The van der Waals surface area contributed by atoms with Gasteiger partial charge in [0.25, 0.3) is 5.56 Å². The topological polar surface area (TPSA) is 88.9 Å². The zero-order valence-corrected chi connectivity index (χ0v) is 19.8. The van der Waals surface area contributed by atoms with Gasteiger partial charge < -0.3 is 9.47 Å². The Bertz CT molecular complexity index is 1390. The summed E-state index contributed by atoms with van der Waals surface area (Å²) in [5.41, 5.74) is 4.61. The second-order valence-corrected chi connectivity index (χ2v) is 9.77. The number of piperazine rings is 1. The molecule has 34 heavy (non-hydrogen) atoms. The number of nitrogens with zero attached hydrogens (tertiary/aromatic N) is 6. The lowest BCUT2D eigenvalue weighted by molar-refractivity contribution is 0.158. The highest BCUT2D eigenvalue weighted by Crippen LogP contribution is 2.47. The molecule has 0 radical (unpaired) electrons. The summed E-state index contributed by atoms with van der Waals surface area (Å²) >= 11 is 0. The van der Waals surface area contributed by atoms with E-state index >= 15 is 0 Å². The molecule has 0 unspecified atom stereocenters. The molecule has 7 heteroatoms. The summed E-state index contributed by atoms with van der Waals surface area (Å²) < 4.78 is 1.58. The summed E-state index contributed by atoms with van der Waals surface area (Å²) in [5.74, 6) is 0. The van der Waals surface area contributed by atoms with Gasteiger partial charge in [0.15, 0.2) is 0 Å². The zero-order chi connectivity index (χ0) is 24.0. The van der Waals surface area contributed by atoms with Crippen molar-refractivity contribution in [3.05, 3.63) is 69.6 Å². The summed E-state index contributed by atoms with van der Waals surface area (Å²) in [4.78, 5) is 22.0. The molecular weight excluding hydrogens is 424 g/mol. The summed E-state index contributed by atoms with van der Waals surface area (Å²) in [6.07, 6.45) is 1.92. The van der Waals surface area contributed by atoms with E-state index in [9.17, 15) is 15.3 Å². The number of anilines is 1. The first-order chi connectivity index (χ1) is 16.3. The molecule has 1 saturated heterocycles. The molecule has 0 N–H and O–H groups in total. The molecule has 7 nitrogen and oxygen atoms in total. The van der Waals surface area contributed by atoms with Crippen LogP contribution in [0.3, 0.4) is 0 Å². The fraction of sp³-hybridized carbons (Fsp3) is 0.407. The zero-order valence-electron chi connectivity index (χ0n) is 19.8. The van der Waals surface area contributed by atoms with Gasteiger partial charge in [0, 0.05) is 44.8 Å². The maximum Gasteiger partial charge on any atom is 0.252 e. The van der Waals surface area contributed by atoms with Crippen LogP contribution in [0.1, 0.15) is 43.5 Å². The summed E-state index contributed by atoms with van der Waals surface area (Å²) in [5, 5.41) is 18.8. The summed E-state index contributed by atoms with van der Waals surface area (Å²) in [6.45, 7) is 6.83. The SMILES string of the molecule is C[C@H]1CN(c2cc(=O)n(C)c3ccc(C#N)nc23)[C@@H](C)CN1Cc1ccc(C2(C#N)CC2)cc1. The minimum Gasteiger partial charge on any atom is -0.364 e. The lowest BCUT2D eigenvalue weighted by atomic mass is 9.96. The smallest absolute Gasteiger partial charge is 0.252 e. The standard InChI is InChI=1S/C27H28N6O/c1-18-15-33(24-12-25(34)31(3)23-9-8-22(13-28)30-26(23)24)19(2)14-32(18)16-20-4-6-21(7-5-20)27(17-29)10-11-27/h4-9,12,18-19H,10-11,14-16H2,1-3H3/t18-,19-/m0/s1. The number of pyridine rings is 2. The van der Waals surface area contributed by atoms with E-state index in [2.05, 4.69) is 65.0 Å². The van der Waals surface area contributed by atoms with E-state index in [1.807, 2.05) is 0 Å². The predicted octanol–water partition coefficient (Wildman–Crippen LogP) is 3.46. The largest absolute Gasteiger partial charge is 0.364 e. The van der Waals surface area contributed by atoms with Gasteiger partial charge >= 0.3 is 0 Å². The van der Waals surface area contributed by atoms with E-state index in [-0.39, 0.29) is 23.1 Å². The third kappa shape index (κ3) is 3.73. The van der Waals surface area contributed by atoms with E-state index in [0.29, 0.717) is 11.2 Å². The van der Waals surface area contributed by atoms with Gasteiger partial charge in [0.05, 0.1) is 22.7 Å². The molecular formula is C27H28N6O. The maximum atomic E-state index is 12.7. The summed E-state index contributed by atoms with van der Waals surface area (Å²) in [6, 6.07) is 18.7. The van der Waals surface area contributed by atoms with Crippen LogP contribution in [0, 0.1) is 22.7 Å². The molecule has 1 aliphatic carbocycles. The van der Waals surface area contributed by atoms with E-state index in [1.165, 1.54) is 5.56 Å². The quantitative estimate of drug-likeness (QED) is 0.602. The molecule has 172 valence electrons.